The first-order chi connectivity index (χ1) is 10.0. The Kier molecular flexibility index (Phi) is 3.66. The van der Waals surface area contributed by atoms with Gasteiger partial charge in [-0.05, 0) is 31.3 Å². The normalized spacial score (nSPS) is 20.4. The third kappa shape index (κ3) is 2.42. The van der Waals surface area contributed by atoms with Crippen LogP contribution in [0.2, 0.25) is 5.02 Å². The second kappa shape index (κ2) is 5.34. The molecule has 1 aliphatic heterocycles. The maximum atomic E-state index is 11.5. The topological polar surface area (TPSA) is 32.7 Å². The monoisotopic (exact) mass is 303 g/mol. The summed E-state index contributed by atoms with van der Waals surface area (Å²) in [5.41, 5.74) is 1.43. The van der Waals surface area contributed by atoms with Crippen molar-refractivity contribution in [3.05, 3.63) is 64.2 Å². The Hall–Kier alpha value is -1.55. The van der Waals surface area contributed by atoms with Gasteiger partial charge in [-0.15, -0.1) is 0 Å². The summed E-state index contributed by atoms with van der Waals surface area (Å²) in [6, 6.07) is 13.3. The second-order valence-electron chi connectivity index (χ2n) is 5.66. The van der Waals surface area contributed by atoms with Gasteiger partial charge in [0.1, 0.15) is 18.0 Å². The van der Waals surface area contributed by atoms with Gasteiger partial charge in [-0.2, -0.15) is 0 Å². The lowest BCUT2D eigenvalue weighted by atomic mass is 9.83. The predicted octanol–water partition coefficient (Wildman–Crippen LogP) is 3.03. The van der Waals surface area contributed by atoms with Crippen LogP contribution in [0.3, 0.4) is 0 Å². The zero-order chi connectivity index (χ0) is 15.0. The van der Waals surface area contributed by atoms with Crippen LogP contribution in [0.4, 0.5) is 0 Å². The first kappa shape index (κ1) is 14.4. The van der Waals surface area contributed by atoms with Crippen molar-refractivity contribution < 1.29 is 9.84 Å². The molecule has 2 aromatic carbocycles. The molecule has 110 valence electrons. The molecule has 0 fully saturated rings. The lowest BCUT2D eigenvalue weighted by Crippen LogP contribution is -2.39. The zero-order valence-electron chi connectivity index (χ0n) is 12.1. The van der Waals surface area contributed by atoms with E-state index in [4.69, 9.17) is 16.3 Å². The van der Waals surface area contributed by atoms with Crippen molar-refractivity contribution in [1.82, 2.24) is 4.90 Å². The van der Waals surface area contributed by atoms with Crippen LogP contribution in [0.15, 0.2) is 42.5 Å². The SMILES string of the molecule is CN(C)CC1(O)c2ccccc2COc2c(Cl)cccc21. The molecule has 0 spiro atoms. The first-order valence-corrected chi connectivity index (χ1v) is 7.27. The van der Waals surface area contributed by atoms with E-state index >= 15 is 0 Å². The molecule has 0 radical (unpaired) electrons. The van der Waals surface area contributed by atoms with E-state index < -0.39 is 5.60 Å². The summed E-state index contributed by atoms with van der Waals surface area (Å²) >= 11 is 6.27. The van der Waals surface area contributed by atoms with Gasteiger partial charge in [0.05, 0.1) is 5.02 Å². The molecule has 1 aliphatic rings. The molecule has 4 heteroatoms. The number of para-hydroxylation sites is 1. The summed E-state index contributed by atoms with van der Waals surface area (Å²) in [7, 11) is 3.88. The smallest absolute Gasteiger partial charge is 0.144 e. The number of rotatable bonds is 2. The summed E-state index contributed by atoms with van der Waals surface area (Å²) in [4.78, 5) is 1.97. The fourth-order valence-electron chi connectivity index (χ4n) is 2.95. The van der Waals surface area contributed by atoms with E-state index in [1.54, 1.807) is 6.07 Å². The minimum atomic E-state index is -1.14. The Morgan fingerprint density at radius 2 is 1.86 bits per heavy atom. The quantitative estimate of drug-likeness (QED) is 0.925. The third-order valence-electron chi connectivity index (χ3n) is 3.79. The molecule has 0 amide bonds. The second-order valence-corrected chi connectivity index (χ2v) is 6.07. The molecule has 0 saturated carbocycles. The maximum absolute atomic E-state index is 11.5. The van der Waals surface area contributed by atoms with E-state index in [-0.39, 0.29) is 0 Å². The summed E-state index contributed by atoms with van der Waals surface area (Å²) in [5, 5.41) is 12.0. The Morgan fingerprint density at radius 3 is 2.62 bits per heavy atom. The molecule has 3 rings (SSSR count). The van der Waals surface area contributed by atoms with Crippen molar-refractivity contribution >= 4 is 11.6 Å². The summed E-state index contributed by atoms with van der Waals surface area (Å²) in [5.74, 6) is 0.569. The summed E-state index contributed by atoms with van der Waals surface area (Å²) in [6.07, 6.45) is 0. The van der Waals surface area contributed by atoms with Crippen molar-refractivity contribution in [2.24, 2.45) is 0 Å². The van der Waals surface area contributed by atoms with Crippen LogP contribution in [0.1, 0.15) is 16.7 Å². The highest BCUT2D eigenvalue weighted by molar-refractivity contribution is 6.32. The van der Waals surface area contributed by atoms with E-state index in [9.17, 15) is 5.11 Å². The van der Waals surface area contributed by atoms with Crippen molar-refractivity contribution in [3.63, 3.8) is 0 Å². The van der Waals surface area contributed by atoms with Crippen molar-refractivity contribution in [2.45, 2.75) is 12.2 Å². The number of nitrogens with zero attached hydrogens (tertiary/aromatic N) is 1. The number of ether oxygens (including phenoxy) is 1. The zero-order valence-corrected chi connectivity index (χ0v) is 12.9. The highest BCUT2D eigenvalue weighted by Gasteiger charge is 2.39. The molecule has 3 nitrogen and oxygen atoms in total. The number of aliphatic hydroxyl groups is 1. The van der Waals surface area contributed by atoms with Gasteiger partial charge in [0.2, 0.25) is 0 Å². The van der Waals surface area contributed by atoms with Gasteiger partial charge in [-0.1, -0.05) is 48.0 Å². The first-order valence-electron chi connectivity index (χ1n) is 6.89. The van der Waals surface area contributed by atoms with E-state index in [1.807, 2.05) is 55.4 Å². The highest BCUT2D eigenvalue weighted by Crippen LogP contribution is 2.43. The Labute approximate surface area is 129 Å². The van der Waals surface area contributed by atoms with Gasteiger partial charge in [-0.25, -0.2) is 0 Å². The minimum absolute atomic E-state index is 0.405. The van der Waals surface area contributed by atoms with Gasteiger partial charge < -0.3 is 14.7 Å². The molecule has 1 unspecified atom stereocenters. The number of halogens is 1. The van der Waals surface area contributed by atoms with Gasteiger partial charge in [0, 0.05) is 12.1 Å². The van der Waals surface area contributed by atoms with Crippen LogP contribution >= 0.6 is 11.6 Å². The molecule has 1 atom stereocenters. The number of hydrogen-bond donors (Lipinski definition) is 1. The van der Waals surface area contributed by atoms with Crippen molar-refractivity contribution in [1.29, 1.82) is 0 Å². The molecule has 0 aromatic heterocycles. The van der Waals surface area contributed by atoms with Crippen molar-refractivity contribution in [3.8, 4) is 5.75 Å². The highest BCUT2D eigenvalue weighted by atomic mass is 35.5. The molecule has 2 aromatic rings. The largest absolute Gasteiger partial charge is 0.487 e. The fourth-order valence-corrected chi connectivity index (χ4v) is 3.18. The molecule has 0 saturated heterocycles. The van der Waals surface area contributed by atoms with Gasteiger partial charge in [0.15, 0.2) is 0 Å². The standard InChI is InChI=1S/C17H18ClNO2/c1-19(2)11-17(20)13-7-4-3-6-12(13)10-21-16-14(17)8-5-9-15(16)18/h3-9,20H,10-11H2,1-2H3. The molecule has 1 N–H and O–H groups in total. The molecular weight excluding hydrogens is 286 g/mol. The van der Waals surface area contributed by atoms with Gasteiger partial charge in [-0.3, -0.25) is 0 Å². The summed E-state index contributed by atoms with van der Waals surface area (Å²) < 4.78 is 5.87. The average molecular weight is 304 g/mol. The Morgan fingerprint density at radius 1 is 1.14 bits per heavy atom. The average Bonchev–Trinajstić information content (AvgIpc) is 2.56. The summed E-state index contributed by atoms with van der Waals surface area (Å²) in [6.45, 7) is 0.864. The number of benzene rings is 2. The molecule has 21 heavy (non-hydrogen) atoms. The van der Waals surface area contributed by atoms with Crippen LogP contribution < -0.4 is 4.74 Å². The molecular formula is C17H18ClNO2. The maximum Gasteiger partial charge on any atom is 0.144 e. The lowest BCUT2D eigenvalue weighted by molar-refractivity contribution is 0.0508. The van der Waals surface area contributed by atoms with Crippen LogP contribution in [-0.2, 0) is 12.2 Å². The van der Waals surface area contributed by atoms with E-state index in [0.717, 1.165) is 11.1 Å². The number of likely N-dealkylation sites (N-methyl/N-ethyl adjacent to an activating group) is 1. The number of fused-ring (bicyclic) bond motifs is 2. The fraction of sp³-hybridized carbons (Fsp3) is 0.294. The van der Waals surface area contributed by atoms with Gasteiger partial charge >= 0.3 is 0 Å². The molecule has 0 bridgehead atoms. The number of hydrogen-bond acceptors (Lipinski definition) is 3. The predicted molar refractivity (Wildman–Crippen MR) is 83.8 cm³/mol. The van der Waals surface area contributed by atoms with Crippen LogP contribution in [0.5, 0.6) is 5.75 Å². The molecule has 1 heterocycles. The van der Waals surface area contributed by atoms with E-state index in [1.165, 1.54) is 0 Å². The Balaban J connectivity index is 2.27. The molecule has 0 aliphatic carbocycles. The van der Waals surface area contributed by atoms with E-state index in [0.29, 0.717) is 29.5 Å². The van der Waals surface area contributed by atoms with Gasteiger partial charge in [0.25, 0.3) is 0 Å². The van der Waals surface area contributed by atoms with Crippen LogP contribution in [0, 0.1) is 0 Å². The lowest BCUT2D eigenvalue weighted by Gasteiger charge is -2.32. The van der Waals surface area contributed by atoms with Crippen LogP contribution in [0.25, 0.3) is 0 Å². The van der Waals surface area contributed by atoms with Crippen LogP contribution in [-0.4, -0.2) is 30.6 Å². The third-order valence-corrected chi connectivity index (χ3v) is 4.09. The van der Waals surface area contributed by atoms with E-state index in [2.05, 4.69) is 0 Å². The van der Waals surface area contributed by atoms with Crippen molar-refractivity contribution in [2.75, 3.05) is 20.6 Å². The Bertz CT molecular complexity index is 672. The minimum Gasteiger partial charge on any atom is -0.487 e.